The molecule has 2 N–H and O–H groups in total. The maximum absolute atomic E-state index is 12.0. The number of sulfonamides is 1. The second-order valence-electron chi connectivity index (χ2n) is 5.00. The minimum absolute atomic E-state index is 0.182. The van der Waals surface area contributed by atoms with E-state index in [1.54, 1.807) is 4.31 Å². The fourth-order valence-corrected chi connectivity index (χ4v) is 3.48. The van der Waals surface area contributed by atoms with Crippen molar-refractivity contribution < 1.29 is 8.42 Å². The summed E-state index contributed by atoms with van der Waals surface area (Å²) in [6.07, 6.45) is 0.545. The Kier molecular flexibility index (Phi) is 6.51. The molecule has 0 aromatic carbocycles. The van der Waals surface area contributed by atoms with Crippen LogP contribution in [0.25, 0.3) is 0 Å². The third-order valence-electron chi connectivity index (χ3n) is 3.19. The van der Waals surface area contributed by atoms with E-state index in [0.717, 1.165) is 26.2 Å². The Balaban J connectivity index is 2.34. The molecular formula is C11H26N4O2S. The summed E-state index contributed by atoms with van der Waals surface area (Å²) < 4.78 is 25.5. The molecule has 0 unspecified atom stereocenters. The summed E-state index contributed by atoms with van der Waals surface area (Å²) in [5.41, 5.74) is 5.36. The predicted molar refractivity (Wildman–Crippen MR) is 74.0 cm³/mol. The van der Waals surface area contributed by atoms with Gasteiger partial charge in [0.1, 0.15) is 0 Å². The Morgan fingerprint density at radius 2 is 1.78 bits per heavy atom. The summed E-state index contributed by atoms with van der Waals surface area (Å²) in [4.78, 5) is 4.46. The zero-order valence-electron chi connectivity index (χ0n) is 11.5. The van der Waals surface area contributed by atoms with Gasteiger partial charge in [-0.2, -0.15) is 4.31 Å². The molecule has 18 heavy (non-hydrogen) atoms. The highest BCUT2D eigenvalue weighted by atomic mass is 32.2. The van der Waals surface area contributed by atoms with Crippen molar-refractivity contribution in [3.05, 3.63) is 0 Å². The van der Waals surface area contributed by atoms with Crippen LogP contribution in [-0.4, -0.2) is 88.2 Å². The number of nitrogens with zero attached hydrogens (tertiary/aromatic N) is 3. The largest absolute Gasteiger partial charge is 0.330 e. The van der Waals surface area contributed by atoms with E-state index in [9.17, 15) is 8.42 Å². The summed E-state index contributed by atoms with van der Waals surface area (Å²) in [5, 5.41) is 0. The molecule has 0 aromatic rings. The summed E-state index contributed by atoms with van der Waals surface area (Å²) in [7, 11) is 1.01. The summed E-state index contributed by atoms with van der Waals surface area (Å²) in [5.74, 6) is 0.182. The van der Waals surface area contributed by atoms with E-state index in [2.05, 4.69) is 9.80 Å². The number of likely N-dealkylation sites (N-methyl/N-ethyl adjacent to an activating group) is 1. The molecule has 0 amide bonds. The second-order valence-corrected chi connectivity index (χ2v) is 7.09. The van der Waals surface area contributed by atoms with Gasteiger partial charge in [0.15, 0.2) is 0 Å². The molecule has 6 nitrogen and oxygen atoms in total. The van der Waals surface area contributed by atoms with Gasteiger partial charge in [0.05, 0.1) is 5.75 Å². The normalized spacial score (nSPS) is 19.6. The Labute approximate surface area is 111 Å². The lowest BCUT2D eigenvalue weighted by Gasteiger charge is -2.34. The van der Waals surface area contributed by atoms with Crippen molar-refractivity contribution in [2.45, 2.75) is 6.42 Å². The Hall–Kier alpha value is -0.210. The highest BCUT2D eigenvalue weighted by Crippen LogP contribution is 2.08. The first-order valence-electron chi connectivity index (χ1n) is 6.50. The predicted octanol–water partition coefficient (Wildman–Crippen LogP) is -1.16. The molecule has 1 rings (SSSR count). The quantitative estimate of drug-likeness (QED) is 0.636. The Bertz CT molecular complexity index is 324. The van der Waals surface area contributed by atoms with E-state index in [1.165, 1.54) is 0 Å². The van der Waals surface area contributed by atoms with Gasteiger partial charge < -0.3 is 10.6 Å². The number of hydrogen-bond acceptors (Lipinski definition) is 5. The van der Waals surface area contributed by atoms with Gasteiger partial charge in [0.2, 0.25) is 10.0 Å². The molecule has 0 radical (unpaired) electrons. The molecule has 0 saturated carbocycles. The highest BCUT2D eigenvalue weighted by Gasteiger charge is 2.25. The van der Waals surface area contributed by atoms with E-state index in [4.69, 9.17) is 5.73 Å². The summed E-state index contributed by atoms with van der Waals surface area (Å²) in [6, 6.07) is 0. The maximum atomic E-state index is 12.0. The number of hydrogen-bond donors (Lipinski definition) is 1. The minimum atomic E-state index is -3.08. The third kappa shape index (κ3) is 5.19. The average molecular weight is 278 g/mol. The lowest BCUT2D eigenvalue weighted by Crippen LogP contribution is -2.50. The molecule has 1 saturated heterocycles. The van der Waals surface area contributed by atoms with Gasteiger partial charge in [0, 0.05) is 39.3 Å². The zero-order chi connectivity index (χ0) is 13.6. The molecule has 108 valence electrons. The van der Waals surface area contributed by atoms with Crippen LogP contribution in [0.15, 0.2) is 0 Å². The monoisotopic (exact) mass is 278 g/mol. The minimum Gasteiger partial charge on any atom is -0.330 e. The molecule has 1 fully saturated rings. The molecular weight excluding hydrogens is 252 g/mol. The van der Waals surface area contributed by atoms with Crippen LogP contribution in [0.2, 0.25) is 0 Å². The fourth-order valence-electron chi connectivity index (χ4n) is 1.97. The van der Waals surface area contributed by atoms with Crippen molar-refractivity contribution in [3.8, 4) is 0 Å². The van der Waals surface area contributed by atoms with Gasteiger partial charge >= 0.3 is 0 Å². The molecule has 0 aliphatic carbocycles. The fraction of sp³-hybridized carbons (Fsp3) is 1.00. The number of nitrogens with two attached hydrogens (primary N) is 1. The topological polar surface area (TPSA) is 69.9 Å². The van der Waals surface area contributed by atoms with E-state index < -0.39 is 10.0 Å². The van der Waals surface area contributed by atoms with E-state index in [1.807, 2.05) is 14.1 Å². The van der Waals surface area contributed by atoms with Crippen molar-refractivity contribution in [2.24, 2.45) is 5.73 Å². The molecule has 0 aromatic heterocycles. The zero-order valence-corrected chi connectivity index (χ0v) is 12.3. The number of rotatable bonds is 7. The van der Waals surface area contributed by atoms with Crippen molar-refractivity contribution in [1.29, 1.82) is 0 Å². The van der Waals surface area contributed by atoms with Crippen LogP contribution in [0.1, 0.15) is 6.42 Å². The second kappa shape index (κ2) is 7.40. The SMILES string of the molecule is CN(C)CCN1CCN(S(=O)(=O)CCCN)CC1. The molecule has 0 bridgehead atoms. The van der Waals surface area contributed by atoms with Crippen LogP contribution in [0, 0.1) is 0 Å². The lowest BCUT2D eigenvalue weighted by atomic mass is 10.3. The first kappa shape index (κ1) is 15.8. The first-order chi connectivity index (χ1) is 8.45. The van der Waals surface area contributed by atoms with E-state index in [0.29, 0.717) is 26.1 Å². The summed E-state index contributed by atoms with van der Waals surface area (Å²) in [6.45, 7) is 5.33. The van der Waals surface area contributed by atoms with Crippen LogP contribution in [0.3, 0.4) is 0 Å². The first-order valence-corrected chi connectivity index (χ1v) is 8.11. The molecule has 1 heterocycles. The van der Waals surface area contributed by atoms with Crippen molar-refractivity contribution in [2.75, 3.05) is 65.7 Å². The molecule has 1 aliphatic rings. The Morgan fingerprint density at radius 3 is 2.28 bits per heavy atom. The van der Waals surface area contributed by atoms with Gasteiger partial charge in [-0.25, -0.2) is 8.42 Å². The standard InChI is InChI=1S/C11H26N4O2S/c1-13(2)5-6-14-7-9-15(10-8-14)18(16,17)11-3-4-12/h3-12H2,1-2H3. The van der Waals surface area contributed by atoms with Crippen molar-refractivity contribution in [1.82, 2.24) is 14.1 Å². The summed E-state index contributed by atoms with van der Waals surface area (Å²) >= 11 is 0. The van der Waals surface area contributed by atoms with Crippen LogP contribution in [-0.2, 0) is 10.0 Å². The Morgan fingerprint density at radius 1 is 1.17 bits per heavy atom. The number of piperazine rings is 1. The maximum Gasteiger partial charge on any atom is 0.214 e. The van der Waals surface area contributed by atoms with Crippen LogP contribution < -0.4 is 5.73 Å². The molecule has 1 aliphatic heterocycles. The van der Waals surface area contributed by atoms with Crippen LogP contribution in [0.4, 0.5) is 0 Å². The van der Waals surface area contributed by atoms with Crippen molar-refractivity contribution >= 4 is 10.0 Å². The van der Waals surface area contributed by atoms with Gasteiger partial charge in [0.25, 0.3) is 0 Å². The highest BCUT2D eigenvalue weighted by molar-refractivity contribution is 7.89. The third-order valence-corrected chi connectivity index (χ3v) is 5.15. The van der Waals surface area contributed by atoms with E-state index in [-0.39, 0.29) is 5.75 Å². The van der Waals surface area contributed by atoms with Gasteiger partial charge in [-0.05, 0) is 27.1 Å². The lowest BCUT2D eigenvalue weighted by molar-refractivity contribution is 0.174. The van der Waals surface area contributed by atoms with Crippen LogP contribution in [0.5, 0.6) is 0 Å². The van der Waals surface area contributed by atoms with Crippen LogP contribution >= 0.6 is 0 Å². The molecule has 7 heteroatoms. The van der Waals surface area contributed by atoms with E-state index >= 15 is 0 Å². The molecule has 0 spiro atoms. The van der Waals surface area contributed by atoms with Crippen molar-refractivity contribution in [3.63, 3.8) is 0 Å². The van der Waals surface area contributed by atoms with Gasteiger partial charge in [-0.15, -0.1) is 0 Å². The smallest absolute Gasteiger partial charge is 0.214 e. The van der Waals surface area contributed by atoms with Gasteiger partial charge in [-0.3, -0.25) is 4.90 Å². The van der Waals surface area contributed by atoms with Gasteiger partial charge in [-0.1, -0.05) is 0 Å². The molecule has 0 atom stereocenters. The average Bonchev–Trinajstić information content (AvgIpc) is 2.34.